The van der Waals surface area contributed by atoms with Gasteiger partial charge in [-0.05, 0) is 0 Å². The van der Waals surface area contributed by atoms with Gasteiger partial charge in [-0.25, -0.2) is 0 Å². The molecule has 0 heterocycles. The van der Waals surface area contributed by atoms with E-state index in [4.69, 9.17) is 14.6 Å². The number of hydrogen-bond acceptors (Lipinski definition) is 4. The first-order chi connectivity index (χ1) is 5.17. The first-order valence-corrected chi connectivity index (χ1v) is 3.21. The molecule has 66 valence electrons. The second-order valence-corrected chi connectivity index (χ2v) is 2.06. The van der Waals surface area contributed by atoms with Crippen LogP contribution in [0.15, 0.2) is 12.7 Å². The van der Waals surface area contributed by atoms with E-state index in [1.807, 2.05) is 0 Å². The van der Waals surface area contributed by atoms with Crippen LogP contribution < -0.4 is 0 Å². The molecule has 0 aliphatic carbocycles. The van der Waals surface area contributed by atoms with Gasteiger partial charge in [0.1, 0.15) is 12.2 Å². The Bertz CT molecular complexity index is 111. The summed E-state index contributed by atoms with van der Waals surface area (Å²) in [5, 5.41) is 18.2. The van der Waals surface area contributed by atoms with Crippen LogP contribution in [0.1, 0.15) is 0 Å². The van der Waals surface area contributed by atoms with Crippen molar-refractivity contribution < 1.29 is 19.7 Å². The largest absolute Gasteiger partial charge is 0.386 e. The first-order valence-electron chi connectivity index (χ1n) is 3.21. The fourth-order valence-corrected chi connectivity index (χ4v) is 0.675. The Kier molecular flexibility index (Phi) is 5.06. The van der Waals surface area contributed by atoms with Crippen molar-refractivity contribution in [3.63, 3.8) is 0 Å². The highest BCUT2D eigenvalue weighted by atomic mass is 16.7. The van der Waals surface area contributed by atoms with Crippen molar-refractivity contribution >= 4 is 0 Å². The van der Waals surface area contributed by atoms with Crippen molar-refractivity contribution in [2.75, 3.05) is 14.2 Å². The highest BCUT2D eigenvalue weighted by Gasteiger charge is 2.23. The van der Waals surface area contributed by atoms with Gasteiger partial charge in [-0.2, -0.15) is 0 Å². The van der Waals surface area contributed by atoms with E-state index < -0.39 is 18.5 Å². The molecule has 0 aromatic rings. The van der Waals surface area contributed by atoms with Crippen LogP contribution in [0, 0.1) is 0 Å². The standard InChI is InChI=1S/C7H14O4/c1-4-5(8)6(9)7(10-2)11-3/h4-9H,1H2,2-3H3/t5-,6-/m1/s1. The molecule has 0 unspecified atom stereocenters. The summed E-state index contributed by atoms with van der Waals surface area (Å²) in [6, 6.07) is 0. The number of aliphatic hydroxyl groups is 2. The zero-order chi connectivity index (χ0) is 8.85. The van der Waals surface area contributed by atoms with E-state index in [9.17, 15) is 5.11 Å². The molecule has 0 aliphatic heterocycles. The van der Waals surface area contributed by atoms with Crippen LogP contribution >= 0.6 is 0 Å². The molecule has 0 spiro atoms. The normalized spacial score (nSPS) is 16.5. The van der Waals surface area contributed by atoms with Gasteiger partial charge in [0.2, 0.25) is 0 Å². The van der Waals surface area contributed by atoms with Crippen molar-refractivity contribution in [2.45, 2.75) is 18.5 Å². The van der Waals surface area contributed by atoms with Crippen molar-refractivity contribution in [1.82, 2.24) is 0 Å². The van der Waals surface area contributed by atoms with Gasteiger partial charge < -0.3 is 19.7 Å². The van der Waals surface area contributed by atoms with Crippen LogP contribution in [-0.2, 0) is 9.47 Å². The van der Waals surface area contributed by atoms with Gasteiger partial charge in [0.05, 0.1) is 0 Å². The van der Waals surface area contributed by atoms with Gasteiger partial charge in [0.25, 0.3) is 0 Å². The lowest BCUT2D eigenvalue weighted by Crippen LogP contribution is -2.38. The summed E-state index contributed by atoms with van der Waals surface area (Å²) < 4.78 is 9.41. The average molecular weight is 162 g/mol. The summed E-state index contributed by atoms with van der Waals surface area (Å²) in [7, 11) is 2.76. The molecule has 0 bridgehead atoms. The maximum absolute atomic E-state index is 9.21. The van der Waals surface area contributed by atoms with Gasteiger partial charge in [-0.3, -0.25) is 0 Å². The van der Waals surface area contributed by atoms with E-state index in [0.717, 1.165) is 0 Å². The van der Waals surface area contributed by atoms with Gasteiger partial charge in [0, 0.05) is 14.2 Å². The quantitative estimate of drug-likeness (QED) is 0.423. The van der Waals surface area contributed by atoms with E-state index in [1.54, 1.807) is 0 Å². The highest BCUT2D eigenvalue weighted by Crippen LogP contribution is 2.04. The Balaban J connectivity index is 3.95. The summed E-state index contributed by atoms with van der Waals surface area (Å²) in [6.07, 6.45) is -1.72. The summed E-state index contributed by atoms with van der Waals surface area (Å²) in [4.78, 5) is 0. The van der Waals surface area contributed by atoms with Crippen LogP contribution in [0.2, 0.25) is 0 Å². The van der Waals surface area contributed by atoms with Gasteiger partial charge in [-0.15, -0.1) is 6.58 Å². The molecule has 0 fully saturated rings. The molecule has 0 saturated heterocycles. The highest BCUT2D eigenvalue weighted by molar-refractivity contribution is 4.85. The summed E-state index contributed by atoms with van der Waals surface area (Å²) in [6.45, 7) is 3.31. The lowest BCUT2D eigenvalue weighted by molar-refractivity contribution is -0.183. The predicted octanol–water partition coefficient (Wildman–Crippen LogP) is -0.487. The Morgan fingerprint density at radius 3 is 2.00 bits per heavy atom. The maximum atomic E-state index is 9.21. The van der Waals surface area contributed by atoms with E-state index >= 15 is 0 Å². The van der Waals surface area contributed by atoms with Crippen molar-refractivity contribution in [3.8, 4) is 0 Å². The van der Waals surface area contributed by atoms with Crippen molar-refractivity contribution in [3.05, 3.63) is 12.7 Å². The molecule has 0 aromatic heterocycles. The third kappa shape index (κ3) is 2.98. The molecule has 0 aromatic carbocycles. The van der Waals surface area contributed by atoms with Gasteiger partial charge in [0.15, 0.2) is 6.29 Å². The lowest BCUT2D eigenvalue weighted by Gasteiger charge is -2.22. The number of rotatable bonds is 5. The number of ether oxygens (including phenoxy) is 2. The third-order valence-electron chi connectivity index (χ3n) is 1.33. The minimum atomic E-state index is -1.09. The molecule has 0 saturated carbocycles. The van der Waals surface area contributed by atoms with E-state index in [0.29, 0.717) is 0 Å². The molecule has 0 rings (SSSR count). The van der Waals surface area contributed by atoms with E-state index in [1.165, 1.54) is 20.3 Å². The second kappa shape index (κ2) is 5.26. The van der Waals surface area contributed by atoms with Crippen LogP contribution in [0.5, 0.6) is 0 Å². The van der Waals surface area contributed by atoms with E-state index in [2.05, 4.69) is 6.58 Å². The van der Waals surface area contributed by atoms with Crippen LogP contribution in [0.3, 0.4) is 0 Å². The average Bonchev–Trinajstić information content (AvgIpc) is 2.05. The summed E-state index contributed by atoms with van der Waals surface area (Å²) in [5.41, 5.74) is 0. The summed E-state index contributed by atoms with van der Waals surface area (Å²) in [5.74, 6) is 0. The summed E-state index contributed by atoms with van der Waals surface area (Å²) >= 11 is 0. The van der Waals surface area contributed by atoms with Crippen LogP contribution in [-0.4, -0.2) is 42.9 Å². The number of methoxy groups -OCH3 is 2. The topological polar surface area (TPSA) is 58.9 Å². The maximum Gasteiger partial charge on any atom is 0.185 e. The minimum Gasteiger partial charge on any atom is -0.386 e. The molecular weight excluding hydrogens is 148 g/mol. The fraction of sp³-hybridized carbons (Fsp3) is 0.714. The van der Waals surface area contributed by atoms with Gasteiger partial charge >= 0.3 is 0 Å². The Hall–Kier alpha value is -0.420. The molecule has 2 N–H and O–H groups in total. The molecule has 2 atom stereocenters. The Morgan fingerprint density at radius 2 is 1.73 bits per heavy atom. The SMILES string of the molecule is C=C[C@@H](O)[C@@H](O)C(OC)OC. The third-order valence-corrected chi connectivity index (χ3v) is 1.33. The fourth-order valence-electron chi connectivity index (χ4n) is 0.675. The molecule has 0 amide bonds. The Morgan fingerprint density at radius 1 is 1.27 bits per heavy atom. The second-order valence-electron chi connectivity index (χ2n) is 2.06. The predicted molar refractivity (Wildman–Crippen MR) is 40.0 cm³/mol. The smallest absolute Gasteiger partial charge is 0.185 e. The monoisotopic (exact) mass is 162 g/mol. The van der Waals surface area contributed by atoms with Crippen molar-refractivity contribution in [1.29, 1.82) is 0 Å². The number of hydrogen-bond donors (Lipinski definition) is 2. The zero-order valence-electron chi connectivity index (χ0n) is 6.73. The number of aliphatic hydroxyl groups excluding tert-OH is 2. The van der Waals surface area contributed by atoms with Crippen LogP contribution in [0.4, 0.5) is 0 Å². The molecule has 11 heavy (non-hydrogen) atoms. The Labute approximate surface area is 66.1 Å². The first kappa shape index (κ1) is 10.6. The molecule has 4 nitrogen and oxygen atoms in total. The molecule has 0 aliphatic rings. The molecular formula is C7H14O4. The van der Waals surface area contributed by atoms with E-state index in [-0.39, 0.29) is 0 Å². The van der Waals surface area contributed by atoms with Crippen LogP contribution in [0.25, 0.3) is 0 Å². The van der Waals surface area contributed by atoms with Crippen molar-refractivity contribution in [2.24, 2.45) is 0 Å². The molecule has 4 heteroatoms. The lowest BCUT2D eigenvalue weighted by atomic mass is 10.2. The van der Waals surface area contributed by atoms with Gasteiger partial charge in [-0.1, -0.05) is 6.08 Å². The minimum absolute atomic E-state index is 0.817. The zero-order valence-corrected chi connectivity index (χ0v) is 6.73. The molecule has 0 radical (unpaired) electrons.